The second-order valence-corrected chi connectivity index (χ2v) is 6.37. The molecule has 1 atom stereocenters. The largest absolute Gasteiger partial charge is 0.293 e. The van der Waals surface area contributed by atoms with Crippen molar-refractivity contribution in [1.82, 2.24) is 0 Å². The maximum absolute atomic E-state index is 12.3. The van der Waals surface area contributed by atoms with Crippen LogP contribution in [-0.4, -0.2) is 16.8 Å². The number of Topliss-reactive ketones (excluding diaryl/α,β-unsaturated/α-hetero) is 1. The molecule has 0 N–H and O–H groups in total. The average Bonchev–Trinajstić information content (AvgIpc) is 2.29. The molecule has 1 heterocycles. The predicted molar refractivity (Wildman–Crippen MR) is 73.3 cm³/mol. The van der Waals surface area contributed by atoms with E-state index >= 15 is 0 Å². The van der Waals surface area contributed by atoms with Gasteiger partial charge < -0.3 is 0 Å². The van der Waals surface area contributed by atoms with Crippen LogP contribution in [0.2, 0.25) is 0 Å². The Morgan fingerprint density at radius 1 is 1.44 bits per heavy atom. The zero-order valence-corrected chi connectivity index (χ0v) is 11.7. The minimum Gasteiger partial charge on any atom is -0.293 e. The second-order valence-electron chi connectivity index (χ2n) is 4.20. The standard InChI is InChI=1S/C13H15BrOS/c1-9-5-6-10(11(14)8-9)13(15)12-4-2-3-7-16-12/h5-6,8,12H,2-4,7H2,1H3. The van der Waals surface area contributed by atoms with Crippen molar-refractivity contribution >= 4 is 33.5 Å². The Bertz CT molecular complexity index is 397. The van der Waals surface area contributed by atoms with Gasteiger partial charge in [-0.3, -0.25) is 4.79 Å². The minimum absolute atomic E-state index is 0.174. The highest BCUT2D eigenvalue weighted by atomic mass is 79.9. The summed E-state index contributed by atoms with van der Waals surface area (Å²) in [4.78, 5) is 12.3. The highest BCUT2D eigenvalue weighted by Gasteiger charge is 2.24. The zero-order valence-electron chi connectivity index (χ0n) is 9.33. The van der Waals surface area contributed by atoms with Crippen LogP contribution >= 0.6 is 27.7 Å². The molecule has 0 bridgehead atoms. The number of hydrogen-bond acceptors (Lipinski definition) is 2. The molecule has 3 heteroatoms. The molecule has 1 saturated heterocycles. The topological polar surface area (TPSA) is 17.1 Å². The molecule has 1 nitrogen and oxygen atoms in total. The third-order valence-corrected chi connectivity index (χ3v) is 4.89. The van der Waals surface area contributed by atoms with Crippen LogP contribution in [0.25, 0.3) is 0 Å². The van der Waals surface area contributed by atoms with Crippen molar-refractivity contribution in [2.24, 2.45) is 0 Å². The molecule has 2 rings (SSSR count). The smallest absolute Gasteiger partial charge is 0.176 e. The van der Waals surface area contributed by atoms with E-state index in [-0.39, 0.29) is 11.0 Å². The third kappa shape index (κ3) is 2.69. The number of ketones is 1. The van der Waals surface area contributed by atoms with Gasteiger partial charge in [-0.25, -0.2) is 0 Å². The Labute approximate surface area is 109 Å². The van der Waals surface area contributed by atoms with Gasteiger partial charge in [0.25, 0.3) is 0 Å². The van der Waals surface area contributed by atoms with Gasteiger partial charge >= 0.3 is 0 Å². The lowest BCUT2D eigenvalue weighted by atomic mass is 10.0. The van der Waals surface area contributed by atoms with Crippen molar-refractivity contribution in [3.63, 3.8) is 0 Å². The molecule has 16 heavy (non-hydrogen) atoms. The minimum atomic E-state index is 0.174. The fourth-order valence-electron chi connectivity index (χ4n) is 1.94. The molecule has 1 aromatic rings. The number of benzene rings is 1. The number of hydrogen-bond donors (Lipinski definition) is 0. The summed E-state index contributed by atoms with van der Waals surface area (Å²) in [7, 11) is 0. The van der Waals surface area contributed by atoms with Crippen LogP contribution in [0.3, 0.4) is 0 Å². The first-order valence-corrected chi connectivity index (χ1v) is 7.44. The van der Waals surface area contributed by atoms with E-state index in [1.165, 1.54) is 18.4 Å². The van der Waals surface area contributed by atoms with Crippen molar-refractivity contribution in [1.29, 1.82) is 0 Å². The lowest BCUT2D eigenvalue weighted by molar-refractivity contribution is 0.0984. The fraction of sp³-hybridized carbons (Fsp3) is 0.462. The van der Waals surface area contributed by atoms with Crippen molar-refractivity contribution in [3.8, 4) is 0 Å². The van der Waals surface area contributed by atoms with Crippen LogP contribution in [0.15, 0.2) is 22.7 Å². The lowest BCUT2D eigenvalue weighted by Gasteiger charge is -2.20. The van der Waals surface area contributed by atoms with Crippen LogP contribution < -0.4 is 0 Å². The summed E-state index contributed by atoms with van der Waals surface area (Å²) in [6.45, 7) is 2.04. The van der Waals surface area contributed by atoms with Crippen molar-refractivity contribution in [3.05, 3.63) is 33.8 Å². The summed E-state index contributed by atoms with van der Waals surface area (Å²) in [6, 6.07) is 5.96. The Morgan fingerprint density at radius 3 is 2.88 bits per heavy atom. The van der Waals surface area contributed by atoms with Gasteiger partial charge in [-0.1, -0.05) is 28.4 Å². The summed E-state index contributed by atoms with van der Waals surface area (Å²) >= 11 is 5.29. The SMILES string of the molecule is Cc1ccc(C(=O)C2CCCCS2)c(Br)c1. The normalized spacial score (nSPS) is 20.8. The Hall–Kier alpha value is -0.280. The zero-order chi connectivity index (χ0) is 11.5. The van der Waals surface area contributed by atoms with Gasteiger partial charge in [0, 0.05) is 10.0 Å². The van der Waals surface area contributed by atoms with Crippen LogP contribution in [0.5, 0.6) is 0 Å². The van der Waals surface area contributed by atoms with Crippen molar-refractivity contribution < 1.29 is 4.79 Å². The number of thioether (sulfide) groups is 1. The first-order valence-electron chi connectivity index (χ1n) is 5.60. The van der Waals surface area contributed by atoms with E-state index in [1.807, 2.05) is 36.9 Å². The number of rotatable bonds is 2. The highest BCUT2D eigenvalue weighted by molar-refractivity contribution is 9.10. The average molecular weight is 299 g/mol. The first kappa shape index (κ1) is 12.2. The summed E-state index contributed by atoms with van der Waals surface area (Å²) in [5.41, 5.74) is 2.02. The van der Waals surface area contributed by atoms with Gasteiger partial charge in [-0.05, 0) is 43.2 Å². The lowest BCUT2D eigenvalue weighted by Crippen LogP contribution is -2.21. The van der Waals surface area contributed by atoms with Crippen LogP contribution in [0.4, 0.5) is 0 Å². The molecule has 1 fully saturated rings. The quantitative estimate of drug-likeness (QED) is 0.760. The van der Waals surface area contributed by atoms with Gasteiger partial charge in [0.1, 0.15) is 0 Å². The molecule has 1 aromatic carbocycles. The van der Waals surface area contributed by atoms with Crippen molar-refractivity contribution in [2.45, 2.75) is 31.4 Å². The van der Waals surface area contributed by atoms with Crippen LogP contribution in [-0.2, 0) is 0 Å². The summed E-state index contributed by atoms with van der Waals surface area (Å²) < 4.78 is 0.934. The molecule has 86 valence electrons. The van der Waals surface area contributed by atoms with Crippen LogP contribution in [0.1, 0.15) is 35.2 Å². The fourth-order valence-corrected chi connectivity index (χ4v) is 3.90. The third-order valence-electron chi connectivity index (χ3n) is 2.86. The van der Waals surface area contributed by atoms with Crippen molar-refractivity contribution in [2.75, 3.05) is 5.75 Å². The number of halogens is 1. The molecule has 0 amide bonds. The first-order chi connectivity index (χ1) is 7.68. The van der Waals surface area contributed by atoms with E-state index < -0.39 is 0 Å². The Kier molecular flexibility index (Phi) is 4.09. The second kappa shape index (κ2) is 5.37. The van der Waals surface area contributed by atoms with E-state index in [0.717, 1.165) is 22.2 Å². The van der Waals surface area contributed by atoms with Gasteiger partial charge in [0.15, 0.2) is 5.78 Å². The van der Waals surface area contributed by atoms with Gasteiger partial charge in [-0.2, -0.15) is 11.8 Å². The van der Waals surface area contributed by atoms with Gasteiger partial charge in [0.2, 0.25) is 0 Å². The molecule has 1 aliphatic rings. The molecule has 1 unspecified atom stereocenters. The number of carbonyl (C=O) groups is 1. The molecule has 0 saturated carbocycles. The summed E-state index contributed by atoms with van der Waals surface area (Å²) in [6.07, 6.45) is 3.47. The monoisotopic (exact) mass is 298 g/mol. The molecular formula is C13H15BrOS. The molecule has 0 radical (unpaired) electrons. The van der Waals surface area contributed by atoms with Crippen LogP contribution in [0, 0.1) is 6.92 Å². The summed E-state index contributed by atoms with van der Waals surface area (Å²) in [5, 5.41) is 0.174. The molecular weight excluding hydrogens is 284 g/mol. The molecule has 0 aromatic heterocycles. The van der Waals surface area contributed by atoms with E-state index in [0.29, 0.717) is 0 Å². The van der Waals surface area contributed by atoms with E-state index in [9.17, 15) is 4.79 Å². The van der Waals surface area contributed by atoms with Gasteiger partial charge in [-0.15, -0.1) is 0 Å². The highest BCUT2D eigenvalue weighted by Crippen LogP contribution is 2.30. The van der Waals surface area contributed by atoms with Gasteiger partial charge in [0.05, 0.1) is 5.25 Å². The molecule has 0 aliphatic carbocycles. The molecule has 1 aliphatic heterocycles. The number of aryl methyl sites for hydroxylation is 1. The van der Waals surface area contributed by atoms with E-state index in [2.05, 4.69) is 15.9 Å². The Morgan fingerprint density at radius 2 is 2.25 bits per heavy atom. The Balaban J connectivity index is 2.19. The summed E-state index contributed by atoms with van der Waals surface area (Å²) in [5.74, 6) is 1.41. The van der Waals surface area contributed by atoms with E-state index in [4.69, 9.17) is 0 Å². The van der Waals surface area contributed by atoms with E-state index in [1.54, 1.807) is 0 Å². The molecule has 0 spiro atoms. The maximum Gasteiger partial charge on any atom is 0.176 e. The maximum atomic E-state index is 12.3. The number of carbonyl (C=O) groups excluding carboxylic acids is 1. The predicted octanol–water partition coefficient (Wildman–Crippen LogP) is 4.23.